The molecule has 1 atom stereocenters. The predicted molar refractivity (Wildman–Crippen MR) is 128 cm³/mol. The molecule has 1 saturated carbocycles. The maximum Gasteiger partial charge on any atom is 0.409 e. The third kappa shape index (κ3) is 4.37. The molecule has 3 fully saturated rings. The second-order valence-corrected chi connectivity index (χ2v) is 10.3. The third-order valence-electron chi connectivity index (χ3n) is 7.63. The molecule has 2 aromatic rings. The van der Waals surface area contributed by atoms with E-state index < -0.39 is 0 Å². The van der Waals surface area contributed by atoms with Crippen LogP contribution >= 0.6 is 0 Å². The number of hydrogen-bond acceptors (Lipinski definition) is 6. The molecule has 0 bridgehead atoms. The van der Waals surface area contributed by atoms with E-state index in [2.05, 4.69) is 33.7 Å². The molecule has 5 rings (SSSR count). The van der Waals surface area contributed by atoms with Crippen molar-refractivity contribution in [3.63, 3.8) is 0 Å². The van der Waals surface area contributed by atoms with Crippen molar-refractivity contribution in [2.24, 2.45) is 5.41 Å². The number of amides is 1. The zero-order valence-electron chi connectivity index (χ0n) is 20.4. The summed E-state index contributed by atoms with van der Waals surface area (Å²) >= 11 is 0. The molecule has 4 heterocycles. The fourth-order valence-corrected chi connectivity index (χ4v) is 5.82. The Labute approximate surface area is 200 Å². The summed E-state index contributed by atoms with van der Waals surface area (Å²) < 4.78 is 21.1. The van der Waals surface area contributed by atoms with Crippen LogP contribution in [0.1, 0.15) is 46.1 Å². The van der Waals surface area contributed by atoms with Gasteiger partial charge < -0.3 is 14.5 Å². The maximum absolute atomic E-state index is 14.1. The van der Waals surface area contributed by atoms with Crippen LogP contribution in [0, 0.1) is 11.2 Å². The molecule has 2 aliphatic heterocycles. The molecule has 184 valence electrons. The Morgan fingerprint density at radius 1 is 1.26 bits per heavy atom. The molecule has 2 saturated heterocycles. The summed E-state index contributed by atoms with van der Waals surface area (Å²) in [6.07, 6.45) is 6.57. The van der Waals surface area contributed by atoms with Crippen LogP contribution in [-0.2, 0) is 4.74 Å². The van der Waals surface area contributed by atoms with E-state index in [1.807, 2.05) is 28.8 Å². The van der Waals surface area contributed by atoms with Gasteiger partial charge in [-0.25, -0.2) is 14.2 Å². The monoisotopic (exact) mass is 470 g/mol. The molecular weight excluding hydrogens is 435 g/mol. The number of carbonyl (C=O) groups is 1. The van der Waals surface area contributed by atoms with E-state index in [4.69, 9.17) is 4.74 Å². The topological polar surface area (TPSA) is 66.7 Å². The quantitative estimate of drug-likeness (QED) is 0.662. The van der Waals surface area contributed by atoms with Crippen molar-refractivity contribution in [2.75, 3.05) is 50.8 Å². The molecule has 1 amide bonds. The van der Waals surface area contributed by atoms with Crippen LogP contribution in [0.25, 0.3) is 11.3 Å². The van der Waals surface area contributed by atoms with E-state index in [0.717, 1.165) is 62.8 Å². The highest BCUT2D eigenvalue weighted by molar-refractivity contribution is 5.73. The number of rotatable bonds is 5. The normalized spacial score (nSPS) is 22.4. The summed E-state index contributed by atoms with van der Waals surface area (Å²) in [5.74, 6) is 0.465. The predicted octanol–water partition coefficient (Wildman–Crippen LogP) is 3.80. The average molecular weight is 471 g/mol. The first kappa shape index (κ1) is 23.1. The minimum atomic E-state index is -0.343. The van der Waals surface area contributed by atoms with Crippen molar-refractivity contribution in [1.29, 1.82) is 0 Å². The Morgan fingerprint density at radius 3 is 2.71 bits per heavy atom. The van der Waals surface area contributed by atoms with Crippen molar-refractivity contribution in [1.82, 2.24) is 24.6 Å². The Morgan fingerprint density at radius 2 is 2.03 bits per heavy atom. The molecule has 2 aromatic heterocycles. The second kappa shape index (κ2) is 9.17. The molecule has 0 radical (unpaired) electrons. The van der Waals surface area contributed by atoms with E-state index in [9.17, 15) is 9.18 Å². The number of nitrogens with zero attached hydrogens (tertiary/aromatic N) is 6. The van der Waals surface area contributed by atoms with Gasteiger partial charge in [0, 0.05) is 68.5 Å². The Hall–Kier alpha value is -2.68. The van der Waals surface area contributed by atoms with Gasteiger partial charge in [0.05, 0.1) is 18.5 Å². The third-order valence-corrected chi connectivity index (χ3v) is 7.63. The van der Waals surface area contributed by atoms with Crippen LogP contribution in [0.2, 0.25) is 0 Å². The van der Waals surface area contributed by atoms with E-state index in [1.165, 1.54) is 19.0 Å². The van der Waals surface area contributed by atoms with Crippen LogP contribution in [0.5, 0.6) is 0 Å². The van der Waals surface area contributed by atoms with E-state index >= 15 is 0 Å². The molecule has 1 aliphatic carbocycles. The van der Waals surface area contributed by atoms with Crippen LogP contribution in [-0.4, -0.2) is 82.6 Å². The molecule has 3 aliphatic rings. The number of aromatic nitrogens is 3. The van der Waals surface area contributed by atoms with Gasteiger partial charge >= 0.3 is 6.09 Å². The van der Waals surface area contributed by atoms with Gasteiger partial charge in [0.1, 0.15) is 11.6 Å². The van der Waals surface area contributed by atoms with Crippen LogP contribution < -0.4 is 4.90 Å². The maximum atomic E-state index is 14.1. The smallest absolute Gasteiger partial charge is 0.409 e. The van der Waals surface area contributed by atoms with Crippen molar-refractivity contribution in [3.8, 4) is 11.3 Å². The summed E-state index contributed by atoms with van der Waals surface area (Å²) in [5.41, 5.74) is 1.78. The van der Waals surface area contributed by atoms with Gasteiger partial charge in [0.15, 0.2) is 0 Å². The molecule has 8 nitrogen and oxygen atoms in total. The number of hydrogen-bond donors (Lipinski definition) is 0. The van der Waals surface area contributed by atoms with Gasteiger partial charge in [-0.15, -0.1) is 0 Å². The minimum absolute atomic E-state index is 0.175. The first-order valence-electron chi connectivity index (χ1n) is 12.5. The van der Waals surface area contributed by atoms with Gasteiger partial charge in [-0.1, -0.05) is 0 Å². The largest absolute Gasteiger partial charge is 0.450 e. The Balaban J connectivity index is 1.21. The number of ether oxygens (including phenoxy) is 1. The number of anilines is 1. The zero-order valence-corrected chi connectivity index (χ0v) is 20.4. The first-order chi connectivity index (χ1) is 16.4. The molecule has 34 heavy (non-hydrogen) atoms. The van der Waals surface area contributed by atoms with Crippen LogP contribution in [0.4, 0.5) is 15.0 Å². The van der Waals surface area contributed by atoms with Crippen LogP contribution in [0.15, 0.2) is 24.5 Å². The molecule has 9 heteroatoms. The lowest BCUT2D eigenvalue weighted by molar-refractivity contribution is -0.00294. The number of carbonyl (C=O) groups excluding carboxylic acids is 1. The highest BCUT2D eigenvalue weighted by Gasteiger charge is 2.51. The number of likely N-dealkylation sites (tertiary alicyclic amines) is 1. The van der Waals surface area contributed by atoms with Gasteiger partial charge in [0.25, 0.3) is 0 Å². The van der Waals surface area contributed by atoms with Crippen molar-refractivity contribution >= 4 is 11.9 Å². The summed E-state index contributed by atoms with van der Waals surface area (Å²) in [7, 11) is 0. The highest BCUT2D eigenvalue weighted by atomic mass is 19.1. The molecular formula is C25H35FN6O2. The summed E-state index contributed by atoms with van der Waals surface area (Å²) in [6.45, 7) is 11.7. The van der Waals surface area contributed by atoms with E-state index in [-0.39, 0.29) is 23.4 Å². The minimum Gasteiger partial charge on any atom is -0.450 e. The number of halogens is 1. The van der Waals surface area contributed by atoms with E-state index in [0.29, 0.717) is 12.6 Å². The van der Waals surface area contributed by atoms with Gasteiger partial charge in [-0.2, -0.15) is 5.10 Å². The van der Waals surface area contributed by atoms with E-state index in [1.54, 1.807) is 6.07 Å². The second-order valence-electron chi connectivity index (χ2n) is 10.3. The lowest BCUT2D eigenvalue weighted by Gasteiger charge is -2.48. The molecule has 0 aromatic carbocycles. The zero-order chi connectivity index (χ0) is 23.9. The standard InChI is InChI=1S/C25H35FN6O2/c1-4-34-24(33)31-16-25(17-31)7-5-20(14-25)29-9-11-30(12-10-29)23-21(13-19(26)15-27-23)22-6-8-32(28-22)18(2)3/h6,8,13,15,18,20H,4-5,7,9-12,14,16-17H2,1-3H3/t20-/m1/s1. The van der Waals surface area contributed by atoms with Crippen molar-refractivity contribution in [3.05, 3.63) is 30.3 Å². The summed E-state index contributed by atoms with van der Waals surface area (Å²) in [4.78, 5) is 23.1. The summed E-state index contributed by atoms with van der Waals surface area (Å²) in [5, 5.41) is 4.65. The first-order valence-corrected chi connectivity index (χ1v) is 12.5. The SMILES string of the molecule is CCOC(=O)N1CC2(CC[C@@H](N3CCN(c4ncc(F)cc4-c4ccn(C(C)C)n4)CC3)C2)C1. The summed E-state index contributed by atoms with van der Waals surface area (Å²) in [6, 6.07) is 4.30. The Bertz CT molecular complexity index is 1030. The lowest BCUT2D eigenvalue weighted by Crippen LogP contribution is -2.58. The van der Waals surface area contributed by atoms with Gasteiger partial charge in [-0.3, -0.25) is 9.58 Å². The molecule has 1 spiro atoms. The molecule has 0 N–H and O–H groups in total. The van der Waals surface area contributed by atoms with Crippen molar-refractivity contribution < 1.29 is 13.9 Å². The van der Waals surface area contributed by atoms with Crippen molar-refractivity contribution in [2.45, 2.75) is 52.1 Å². The number of pyridine rings is 1. The molecule has 0 unspecified atom stereocenters. The number of piperazine rings is 1. The highest BCUT2D eigenvalue weighted by Crippen LogP contribution is 2.47. The fourth-order valence-electron chi connectivity index (χ4n) is 5.82. The van der Waals surface area contributed by atoms with Crippen LogP contribution in [0.3, 0.4) is 0 Å². The fraction of sp³-hybridized carbons (Fsp3) is 0.640. The average Bonchev–Trinajstić information content (AvgIpc) is 3.47. The Kier molecular flexibility index (Phi) is 6.22. The van der Waals surface area contributed by atoms with Gasteiger partial charge in [-0.05, 0) is 52.2 Å². The van der Waals surface area contributed by atoms with Gasteiger partial charge in [0.2, 0.25) is 0 Å². The lowest BCUT2D eigenvalue weighted by atomic mass is 9.78.